The average molecular weight is 267 g/mol. The normalized spacial score (nSPS) is 10.9. The summed E-state index contributed by atoms with van der Waals surface area (Å²) < 4.78 is 0. The van der Waals surface area contributed by atoms with Crippen LogP contribution in [0.15, 0.2) is 24.3 Å². The summed E-state index contributed by atoms with van der Waals surface area (Å²) >= 11 is 0. The predicted molar refractivity (Wildman–Crippen MR) is 57.1 cm³/mol. The van der Waals surface area contributed by atoms with Crippen LogP contribution in [0, 0.1) is 6.07 Å². The SMILES string of the molecule is CC(C)(C)n1nnc(-c2[c-]cccc2)n1.[Zn]. The molecule has 0 unspecified atom stereocenters. The Morgan fingerprint density at radius 2 is 2.00 bits per heavy atom. The van der Waals surface area contributed by atoms with Crippen molar-refractivity contribution in [3.63, 3.8) is 0 Å². The van der Waals surface area contributed by atoms with E-state index in [1.165, 1.54) is 0 Å². The molecule has 0 fully saturated rings. The summed E-state index contributed by atoms with van der Waals surface area (Å²) in [7, 11) is 0. The van der Waals surface area contributed by atoms with Crippen molar-refractivity contribution in [2.75, 3.05) is 0 Å². The Labute approximate surface area is 108 Å². The zero-order valence-corrected chi connectivity index (χ0v) is 12.8. The minimum atomic E-state index is -0.139. The van der Waals surface area contributed by atoms with Gasteiger partial charge in [0.1, 0.15) is 5.82 Å². The minimum absolute atomic E-state index is 0. The van der Waals surface area contributed by atoms with Crippen LogP contribution in [0.25, 0.3) is 11.4 Å². The molecule has 0 aliphatic heterocycles. The average Bonchev–Trinajstić information content (AvgIpc) is 2.67. The maximum absolute atomic E-state index is 4.31. The molecular weight excluding hydrogens is 254 g/mol. The number of tetrazole rings is 1. The van der Waals surface area contributed by atoms with Gasteiger partial charge in [0.05, 0.1) is 5.54 Å². The van der Waals surface area contributed by atoms with Crippen molar-refractivity contribution < 1.29 is 19.5 Å². The molecule has 0 saturated carbocycles. The summed E-state index contributed by atoms with van der Waals surface area (Å²) in [4.78, 5) is 1.61. The quantitative estimate of drug-likeness (QED) is 0.585. The van der Waals surface area contributed by atoms with Crippen LogP contribution >= 0.6 is 0 Å². The fourth-order valence-electron chi connectivity index (χ4n) is 1.14. The van der Waals surface area contributed by atoms with Crippen molar-refractivity contribution >= 4 is 0 Å². The second-order valence-electron chi connectivity index (χ2n) is 4.35. The van der Waals surface area contributed by atoms with E-state index in [-0.39, 0.29) is 25.0 Å². The summed E-state index contributed by atoms with van der Waals surface area (Å²) in [5, 5.41) is 12.3. The van der Waals surface area contributed by atoms with Crippen LogP contribution in [0.1, 0.15) is 20.8 Å². The molecule has 2 aromatic rings. The number of rotatable bonds is 1. The summed E-state index contributed by atoms with van der Waals surface area (Å²) in [5.41, 5.74) is 0.730. The van der Waals surface area contributed by atoms with Gasteiger partial charge in [-0.05, 0) is 20.8 Å². The van der Waals surface area contributed by atoms with Gasteiger partial charge in [-0.25, -0.2) is 0 Å². The van der Waals surface area contributed by atoms with Crippen LogP contribution in [-0.2, 0) is 25.0 Å². The molecule has 80 valence electrons. The maximum Gasteiger partial charge on any atom is 0.121 e. The molecule has 0 aliphatic rings. The van der Waals surface area contributed by atoms with Crippen LogP contribution < -0.4 is 0 Å². The van der Waals surface area contributed by atoms with E-state index in [1.807, 2.05) is 45.0 Å². The van der Waals surface area contributed by atoms with E-state index in [0.717, 1.165) is 5.56 Å². The molecule has 0 atom stereocenters. The number of hydrogen-bond donors (Lipinski definition) is 0. The molecule has 1 aromatic heterocycles. The van der Waals surface area contributed by atoms with E-state index >= 15 is 0 Å². The second-order valence-corrected chi connectivity index (χ2v) is 4.35. The van der Waals surface area contributed by atoms with Crippen molar-refractivity contribution in [3.8, 4) is 11.4 Å². The first-order valence-corrected chi connectivity index (χ1v) is 4.85. The Bertz CT molecular complexity index is 445. The molecule has 4 nitrogen and oxygen atoms in total. The Hall–Kier alpha value is -1.09. The third kappa shape index (κ3) is 2.73. The molecule has 0 bridgehead atoms. The van der Waals surface area contributed by atoms with Gasteiger partial charge in [-0.3, -0.25) is 0 Å². The van der Waals surface area contributed by atoms with Gasteiger partial charge in [0.2, 0.25) is 0 Å². The van der Waals surface area contributed by atoms with Crippen molar-refractivity contribution in [1.29, 1.82) is 0 Å². The van der Waals surface area contributed by atoms with Crippen molar-refractivity contribution in [2.45, 2.75) is 26.3 Å². The van der Waals surface area contributed by atoms with Gasteiger partial charge < -0.3 is 0 Å². The summed E-state index contributed by atoms with van der Waals surface area (Å²) in [6.07, 6.45) is 0. The van der Waals surface area contributed by atoms with Crippen LogP contribution in [0.4, 0.5) is 0 Å². The molecule has 0 N–H and O–H groups in total. The zero-order chi connectivity index (χ0) is 10.9. The first kappa shape index (κ1) is 13.0. The maximum atomic E-state index is 4.31. The number of aromatic nitrogens is 4. The van der Waals surface area contributed by atoms with Crippen molar-refractivity contribution in [2.24, 2.45) is 0 Å². The first-order chi connectivity index (χ1) is 7.07. The van der Waals surface area contributed by atoms with Crippen LogP contribution in [-0.4, -0.2) is 20.2 Å². The van der Waals surface area contributed by atoms with Gasteiger partial charge in [-0.1, -0.05) is 5.21 Å². The van der Waals surface area contributed by atoms with Crippen LogP contribution in [0.3, 0.4) is 0 Å². The number of hydrogen-bond acceptors (Lipinski definition) is 3. The van der Waals surface area contributed by atoms with Gasteiger partial charge in [-0.15, -0.1) is 35.9 Å². The van der Waals surface area contributed by atoms with Gasteiger partial charge in [0.25, 0.3) is 0 Å². The zero-order valence-electron chi connectivity index (χ0n) is 9.81. The topological polar surface area (TPSA) is 43.6 Å². The fraction of sp³-hybridized carbons (Fsp3) is 0.364. The molecule has 0 radical (unpaired) electrons. The fourth-order valence-corrected chi connectivity index (χ4v) is 1.14. The first-order valence-electron chi connectivity index (χ1n) is 4.85. The second kappa shape index (κ2) is 4.83. The van der Waals surface area contributed by atoms with Gasteiger partial charge in [0, 0.05) is 19.5 Å². The molecular formula is C11H13N4Zn-. The summed E-state index contributed by atoms with van der Waals surface area (Å²) in [6.45, 7) is 6.10. The van der Waals surface area contributed by atoms with E-state index in [9.17, 15) is 0 Å². The van der Waals surface area contributed by atoms with Gasteiger partial charge in [-0.2, -0.15) is 15.0 Å². The predicted octanol–water partition coefficient (Wildman–Crippen LogP) is 1.89. The van der Waals surface area contributed by atoms with Crippen LogP contribution in [0.5, 0.6) is 0 Å². The largest absolute Gasteiger partial charge is 0.182 e. The van der Waals surface area contributed by atoms with E-state index < -0.39 is 0 Å². The summed E-state index contributed by atoms with van der Waals surface area (Å²) in [6, 6.07) is 10.7. The molecule has 2 rings (SSSR count). The minimum Gasteiger partial charge on any atom is -0.182 e. The third-order valence-corrected chi connectivity index (χ3v) is 1.96. The number of benzene rings is 1. The van der Waals surface area contributed by atoms with E-state index in [2.05, 4.69) is 21.5 Å². The van der Waals surface area contributed by atoms with Gasteiger partial charge >= 0.3 is 0 Å². The van der Waals surface area contributed by atoms with E-state index in [1.54, 1.807) is 4.80 Å². The molecule has 0 aliphatic carbocycles. The molecule has 16 heavy (non-hydrogen) atoms. The monoisotopic (exact) mass is 265 g/mol. The van der Waals surface area contributed by atoms with Crippen molar-refractivity contribution in [1.82, 2.24) is 20.2 Å². The summed E-state index contributed by atoms with van der Waals surface area (Å²) in [5.74, 6) is 0.616. The molecule has 1 heterocycles. The Morgan fingerprint density at radius 1 is 1.25 bits per heavy atom. The van der Waals surface area contributed by atoms with Crippen LogP contribution in [0.2, 0.25) is 0 Å². The number of nitrogens with zero attached hydrogens (tertiary/aromatic N) is 4. The van der Waals surface area contributed by atoms with E-state index in [0.29, 0.717) is 5.82 Å². The Balaban J connectivity index is 0.00000128. The van der Waals surface area contributed by atoms with Gasteiger partial charge in [0.15, 0.2) is 0 Å². The molecule has 1 aromatic carbocycles. The van der Waals surface area contributed by atoms with Crippen molar-refractivity contribution in [3.05, 3.63) is 30.3 Å². The molecule has 5 heteroatoms. The standard InChI is InChI=1S/C11H13N4.Zn/c1-11(2,3)15-13-10(12-14-15)9-7-5-4-6-8-9;/h4-7H,1-3H3;/q-1;. The van der Waals surface area contributed by atoms with E-state index in [4.69, 9.17) is 0 Å². The molecule has 0 spiro atoms. The molecule has 0 amide bonds. The Morgan fingerprint density at radius 3 is 2.50 bits per heavy atom. The Kier molecular flexibility index (Phi) is 3.92. The molecule has 0 saturated heterocycles. The third-order valence-electron chi connectivity index (χ3n) is 1.96. The smallest absolute Gasteiger partial charge is 0.121 e.